The minimum atomic E-state index is -0.515. The molecule has 1 atom stereocenters. The minimum Gasteiger partial charge on any atom is -0.378 e. The fourth-order valence-corrected chi connectivity index (χ4v) is 1.98. The molecule has 0 aliphatic rings. The van der Waals surface area contributed by atoms with Gasteiger partial charge in [0.05, 0.1) is 0 Å². The third-order valence-corrected chi connectivity index (χ3v) is 3.17. The Bertz CT molecular complexity index is 377. The van der Waals surface area contributed by atoms with Crippen LogP contribution in [0.15, 0.2) is 12.1 Å². The van der Waals surface area contributed by atoms with Crippen LogP contribution in [-0.2, 0) is 0 Å². The molecule has 0 saturated heterocycles. The van der Waals surface area contributed by atoms with Crippen LogP contribution in [0.5, 0.6) is 0 Å². The van der Waals surface area contributed by atoms with Crippen LogP contribution in [0.3, 0.4) is 0 Å². The summed E-state index contributed by atoms with van der Waals surface area (Å²) in [6, 6.07) is 2.86. The Morgan fingerprint density at radius 1 is 1.17 bits per heavy atom. The van der Waals surface area contributed by atoms with Crippen LogP contribution in [0.25, 0.3) is 0 Å². The molecule has 1 unspecified atom stereocenters. The molecule has 0 saturated carbocycles. The highest BCUT2D eigenvalue weighted by Gasteiger charge is 2.13. The van der Waals surface area contributed by atoms with Gasteiger partial charge in [-0.05, 0) is 31.9 Å². The molecule has 0 aliphatic carbocycles. The predicted molar refractivity (Wildman–Crippen MR) is 72.9 cm³/mol. The van der Waals surface area contributed by atoms with Crippen molar-refractivity contribution >= 4 is 5.69 Å². The van der Waals surface area contributed by atoms with Crippen molar-refractivity contribution in [2.24, 2.45) is 0 Å². The van der Waals surface area contributed by atoms with Crippen LogP contribution in [0, 0.1) is 18.6 Å². The van der Waals surface area contributed by atoms with E-state index in [9.17, 15) is 8.78 Å². The van der Waals surface area contributed by atoms with E-state index in [1.165, 1.54) is 31.4 Å². The molecular formula is C15H23F2N. The van der Waals surface area contributed by atoms with E-state index in [1.54, 1.807) is 6.92 Å². The molecule has 0 aliphatic heterocycles. The maximum absolute atomic E-state index is 13.8. The lowest BCUT2D eigenvalue weighted by Gasteiger charge is -2.17. The first-order valence-corrected chi connectivity index (χ1v) is 6.77. The summed E-state index contributed by atoms with van der Waals surface area (Å²) < 4.78 is 27.3. The van der Waals surface area contributed by atoms with Crippen LogP contribution < -0.4 is 5.32 Å². The van der Waals surface area contributed by atoms with Crippen molar-refractivity contribution in [3.63, 3.8) is 0 Å². The van der Waals surface area contributed by atoms with Crippen LogP contribution >= 0.6 is 0 Å². The first kappa shape index (κ1) is 14.9. The van der Waals surface area contributed by atoms with Crippen molar-refractivity contribution in [2.45, 2.75) is 58.9 Å². The van der Waals surface area contributed by atoms with E-state index < -0.39 is 11.6 Å². The number of nitrogens with one attached hydrogen (secondary N) is 1. The van der Waals surface area contributed by atoms with E-state index >= 15 is 0 Å². The number of benzene rings is 1. The van der Waals surface area contributed by atoms with Gasteiger partial charge >= 0.3 is 0 Å². The summed E-state index contributed by atoms with van der Waals surface area (Å²) >= 11 is 0. The molecule has 1 aromatic rings. The summed E-state index contributed by atoms with van der Waals surface area (Å²) in [6.45, 7) is 5.78. The number of hydrogen-bond acceptors (Lipinski definition) is 1. The Kier molecular flexibility index (Phi) is 6.10. The smallest absolute Gasteiger partial charge is 0.152 e. The quantitative estimate of drug-likeness (QED) is 0.673. The summed E-state index contributed by atoms with van der Waals surface area (Å²) in [4.78, 5) is 0. The molecule has 1 N–H and O–H groups in total. The second-order valence-electron chi connectivity index (χ2n) is 4.95. The third-order valence-electron chi connectivity index (χ3n) is 3.17. The monoisotopic (exact) mass is 255 g/mol. The lowest BCUT2D eigenvalue weighted by Crippen LogP contribution is -2.17. The molecule has 102 valence electrons. The summed E-state index contributed by atoms with van der Waals surface area (Å²) in [5.74, 6) is -0.992. The topological polar surface area (TPSA) is 12.0 Å². The average molecular weight is 255 g/mol. The van der Waals surface area contributed by atoms with Gasteiger partial charge in [0, 0.05) is 6.04 Å². The highest BCUT2D eigenvalue weighted by atomic mass is 19.1. The number of unbranched alkanes of at least 4 members (excludes halogenated alkanes) is 3. The Hall–Kier alpha value is -1.12. The van der Waals surface area contributed by atoms with Gasteiger partial charge in [-0.3, -0.25) is 0 Å². The molecule has 0 radical (unpaired) electrons. The first-order valence-electron chi connectivity index (χ1n) is 6.77. The van der Waals surface area contributed by atoms with Crippen molar-refractivity contribution in [1.29, 1.82) is 0 Å². The van der Waals surface area contributed by atoms with E-state index in [0.29, 0.717) is 5.56 Å². The van der Waals surface area contributed by atoms with Crippen LogP contribution in [0.1, 0.15) is 51.5 Å². The van der Waals surface area contributed by atoms with E-state index in [0.717, 1.165) is 12.8 Å². The van der Waals surface area contributed by atoms with Gasteiger partial charge < -0.3 is 5.32 Å². The van der Waals surface area contributed by atoms with Gasteiger partial charge in [0.25, 0.3) is 0 Å². The van der Waals surface area contributed by atoms with Gasteiger partial charge in [-0.1, -0.05) is 38.7 Å². The zero-order valence-electron chi connectivity index (χ0n) is 11.5. The lowest BCUT2D eigenvalue weighted by atomic mass is 10.1. The SMILES string of the molecule is CCCCCCC(C)Nc1c(F)ccc(C)c1F. The largest absolute Gasteiger partial charge is 0.378 e. The molecular weight excluding hydrogens is 232 g/mol. The first-order chi connectivity index (χ1) is 8.56. The predicted octanol–water partition coefficient (Wildman–Crippen LogP) is 5.04. The summed E-state index contributed by atoms with van der Waals surface area (Å²) in [7, 11) is 0. The van der Waals surface area contributed by atoms with Gasteiger partial charge in [0.15, 0.2) is 5.82 Å². The van der Waals surface area contributed by atoms with E-state index in [-0.39, 0.29) is 11.7 Å². The molecule has 18 heavy (non-hydrogen) atoms. The number of anilines is 1. The maximum Gasteiger partial charge on any atom is 0.152 e. The number of aryl methyl sites for hydroxylation is 1. The average Bonchev–Trinajstić information content (AvgIpc) is 2.35. The van der Waals surface area contributed by atoms with Gasteiger partial charge in [-0.15, -0.1) is 0 Å². The van der Waals surface area contributed by atoms with Gasteiger partial charge in [0.1, 0.15) is 11.5 Å². The second-order valence-corrected chi connectivity index (χ2v) is 4.95. The summed E-state index contributed by atoms with van der Waals surface area (Å²) in [5.41, 5.74) is 0.482. The Morgan fingerprint density at radius 2 is 1.89 bits per heavy atom. The second kappa shape index (κ2) is 7.34. The fourth-order valence-electron chi connectivity index (χ4n) is 1.98. The standard InChI is InChI=1S/C15H23F2N/c1-4-5-6-7-8-12(3)18-15-13(16)10-9-11(2)14(15)17/h9-10,12,18H,4-8H2,1-3H3. The molecule has 1 nitrogen and oxygen atoms in total. The molecule has 0 heterocycles. The maximum atomic E-state index is 13.8. The molecule has 0 amide bonds. The highest BCUT2D eigenvalue weighted by Crippen LogP contribution is 2.23. The Balaban J connectivity index is 2.54. The highest BCUT2D eigenvalue weighted by molar-refractivity contribution is 5.49. The molecule has 0 aromatic heterocycles. The van der Waals surface area contributed by atoms with E-state index in [1.807, 2.05) is 6.92 Å². The molecule has 0 bridgehead atoms. The van der Waals surface area contributed by atoms with E-state index in [2.05, 4.69) is 12.2 Å². The van der Waals surface area contributed by atoms with Gasteiger partial charge in [-0.25, -0.2) is 8.78 Å². The zero-order chi connectivity index (χ0) is 13.5. The molecule has 3 heteroatoms. The van der Waals surface area contributed by atoms with Crippen molar-refractivity contribution in [3.05, 3.63) is 29.3 Å². The Labute approximate surface area is 109 Å². The molecule has 0 fully saturated rings. The van der Waals surface area contributed by atoms with Crippen molar-refractivity contribution < 1.29 is 8.78 Å². The normalized spacial score (nSPS) is 12.5. The van der Waals surface area contributed by atoms with Crippen LogP contribution in [0.4, 0.5) is 14.5 Å². The van der Waals surface area contributed by atoms with Crippen molar-refractivity contribution in [3.8, 4) is 0 Å². The third kappa shape index (κ3) is 4.28. The lowest BCUT2D eigenvalue weighted by molar-refractivity contribution is 0.562. The molecule has 1 rings (SSSR count). The Morgan fingerprint density at radius 3 is 2.56 bits per heavy atom. The summed E-state index contributed by atoms with van der Waals surface area (Å²) in [5, 5.41) is 2.95. The molecule has 0 spiro atoms. The fraction of sp³-hybridized carbons (Fsp3) is 0.600. The van der Waals surface area contributed by atoms with Crippen LogP contribution in [0.2, 0.25) is 0 Å². The molecule has 1 aromatic carbocycles. The van der Waals surface area contributed by atoms with Gasteiger partial charge in [-0.2, -0.15) is 0 Å². The minimum absolute atomic E-state index is 0.0120. The number of halogens is 2. The van der Waals surface area contributed by atoms with Crippen molar-refractivity contribution in [2.75, 3.05) is 5.32 Å². The van der Waals surface area contributed by atoms with E-state index in [4.69, 9.17) is 0 Å². The zero-order valence-corrected chi connectivity index (χ0v) is 11.5. The number of rotatable bonds is 7. The van der Waals surface area contributed by atoms with Crippen molar-refractivity contribution in [1.82, 2.24) is 0 Å². The van der Waals surface area contributed by atoms with Crippen LogP contribution in [-0.4, -0.2) is 6.04 Å². The van der Waals surface area contributed by atoms with Gasteiger partial charge in [0.2, 0.25) is 0 Å². The summed E-state index contributed by atoms with van der Waals surface area (Å²) in [6.07, 6.45) is 5.63. The number of hydrogen-bond donors (Lipinski definition) is 1.